The van der Waals surface area contributed by atoms with E-state index in [-0.39, 0.29) is 23.6 Å². The van der Waals surface area contributed by atoms with E-state index in [1.807, 2.05) is 24.3 Å². The predicted molar refractivity (Wildman–Crippen MR) is 142 cm³/mol. The second kappa shape index (κ2) is 9.47. The maximum atomic E-state index is 13.6. The Morgan fingerprint density at radius 1 is 1.11 bits per heavy atom. The van der Waals surface area contributed by atoms with Crippen LogP contribution in [0.1, 0.15) is 48.0 Å². The molecule has 3 aromatic heterocycles. The van der Waals surface area contributed by atoms with Crippen LogP contribution in [0.25, 0.3) is 17.0 Å². The summed E-state index contributed by atoms with van der Waals surface area (Å²) in [6.07, 6.45) is 8.29. The molecule has 1 amide bonds. The molecule has 1 aromatic carbocycles. The van der Waals surface area contributed by atoms with Crippen LogP contribution in [0.15, 0.2) is 85.6 Å². The van der Waals surface area contributed by atoms with Crippen molar-refractivity contribution in [1.82, 2.24) is 9.99 Å². The lowest BCUT2D eigenvalue weighted by Gasteiger charge is -2.27. The summed E-state index contributed by atoms with van der Waals surface area (Å²) < 4.78 is 11.4. The number of furan rings is 2. The Labute approximate surface area is 214 Å². The van der Waals surface area contributed by atoms with Crippen molar-refractivity contribution < 1.29 is 13.6 Å². The number of rotatable bonds is 5. The maximum absolute atomic E-state index is 13.6. The summed E-state index contributed by atoms with van der Waals surface area (Å²) >= 11 is 1.46. The Kier molecular flexibility index (Phi) is 6.01. The molecule has 0 N–H and O–H groups in total. The van der Waals surface area contributed by atoms with E-state index in [2.05, 4.69) is 44.2 Å². The third-order valence-corrected chi connectivity index (χ3v) is 7.92. The van der Waals surface area contributed by atoms with Gasteiger partial charge in [0.15, 0.2) is 0 Å². The van der Waals surface area contributed by atoms with E-state index < -0.39 is 0 Å². The Morgan fingerprint density at radius 2 is 1.97 bits per heavy atom. The number of aryl methyl sites for hydroxylation is 2. The largest absolute Gasteiger partial charge is 0.467 e. The zero-order valence-corrected chi connectivity index (χ0v) is 21.1. The third kappa shape index (κ3) is 4.17. The molecule has 2 aliphatic rings. The number of fused-ring (bicyclic) bond motifs is 2. The summed E-state index contributed by atoms with van der Waals surface area (Å²) in [4.78, 5) is 18.4. The van der Waals surface area contributed by atoms with Gasteiger partial charge >= 0.3 is 0 Å². The van der Waals surface area contributed by atoms with Crippen LogP contribution >= 0.6 is 11.8 Å². The fourth-order valence-corrected chi connectivity index (χ4v) is 6.12. The number of thioether (sulfide) groups is 1. The van der Waals surface area contributed by atoms with E-state index in [0.29, 0.717) is 0 Å². The van der Waals surface area contributed by atoms with Crippen molar-refractivity contribution in [3.05, 3.63) is 89.3 Å². The number of nitrogens with zero attached hydrogens (tertiary/aromatic N) is 3. The minimum absolute atomic E-state index is 0.0509. The molecule has 1 saturated carbocycles. The van der Waals surface area contributed by atoms with Gasteiger partial charge in [-0.05, 0) is 86.2 Å². The summed E-state index contributed by atoms with van der Waals surface area (Å²) in [6.45, 7) is 4.16. The molecule has 4 heterocycles. The van der Waals surface area contributed by atoms with Crippen LogP contribution in [-0.4, -0.2) is 27.4 Å². The van der Waals surface area contributed by atoms with Gasteiger partial charge in [-0.25, -0.2) is 9.99 Å². The van der Waals surface area contributed by atoms with Crippen molar-refractivity contribution in [3.63, 3.8) is 0 Å². The van der Waals surface area contributed by atoms with Gasteiger partial charge in [-0.3, -0.25) is 4.79 Å². The molecule has 6 nitrogen and oxygen atoms in total. The average molecular weight is 498 g/mol. The number of carbonyl (C=O) groups is 1. The number of benzene rings is 1. The molecule has 1 aliphatic carbocycles. The van der Waals surface area contributed by atoms with Gasteiger partial charge in [0.25, 0.3) is 5.91 Å². The minimum atomic E-state index is -0.239. The van der Waals surface area contributed by atoms with E-state index >= 15 is 0 Å². The molecular weight excluding hydrogens is 470 g/mol. The van der Waals surface area contributed by atoms with Gasteiger partial charge in [-0.2, -0.15) is 5.10 Å². The standard InChI is InChI=1S/C29H27N3O3S/c1-18-7-3-10-22-19(2)15-25(30-27(18)22)36-17-26(33)32-29(24-12-6-14-35-24)23-11-4-8-20(28(23)31-32)16-21-9-5-13-34-21/h3,5-7,9-10,12-16,23,29H,4,8,11,17H2,1-2H3/b20-16+. The van der Waals surface area contributed by atoms with Crippen molar-refractivity contribution in [2.24, 2.45) is 11.0 Å². The van der Waals surface area contributed by atoms with Crippen LogP contribution in [0.5, 0.6) is 0 Å². The Hall–Kier alpha value is -3.58. The van der Waals surface area contributed by atoms with Crippen molar-refractivity contribution in [3.8, 4) is 0 Å². The lowest BCUT2D eigenvalue weighted by Crippen LogP contribution is -2.32. The summed E-state index contributed by atoms with van der Waals surface area (Å²) in [6, 6.07) is 15.7. The first-order chi connectivity index (χ1) is 17.6. The van der Waals surface area contributed by atoms with E-state index in [0.717, 1.165) is 69.1 Å². The number of hydrazone groups is 1. The van der Waals surface area contributed by atoms with E-state index in [1.165, 1.54) is 11.8 Å². The van der Waals surface area contributed by atoms with Crippen LogP contribution < -0.4 is 0 Å². The number of para-hydroxylation sites is 1. The van der Waals surface area contributed by atoms with Gasteiger partial charge in [0, 0.05) is 11.3 Å². The molecule has 7 heteroatoms. The first kappa shape index (κ1) is 22.9. The summed E-state index contributed by atoms with van der Waals surface area (Å²) in [5.74, 6) is 1.87. The molecule has 1 aliphatic heterocycles. The van der Waals surface area contributed by atoms with E-state index in [1.54, 1.807) is 17.5 Å². The molecule has 4 aromatic rings. The van der Waals surface area contributed by atoms with E-state index in [9.17, 15) is 4.79 Å². The van der Waals surface area contributed by atoms with Crippen molar-refractivity contribution in [1.29, 1.82) is 0 Å². The summed E-state index contributed by atoms with van der Waals surface area (Å²) in [7, 11) is 0. The van der Waals surface area contributed by atoms with Gasteiger partial charge in [0.05, 0.1) is 34.5 Å². The number of hydrogen-bond donors (Lipinski definition) is 0. The smallest absolute Gasteiger partial charge is 0.253 e. The molecule has 36 heavy (non-hydrogen) atoms. The van der Waals surface area contributed by atoms with Gasteiger partial charge in [0.1, 0.15) is 17.6 Å². The fourth-order valence-electron chi connectivity index (χ4n) is 5.30. The van der Waals surface area contributed by atoms with Crippen LogP contribution in [-0.2, 0) is 4.79 Å². The van der Waals surface area contributed by atoms with Crippen LogP contribution in [0.3, 0.4) is 0 Å². The average Bonchev–Trinajstić information content (AvgIpc) is 3.64. The fraction of sp³-hybridized carbons (Fsp3) is 0.276. The molecule has 0 spiro atoms. The minimum Gasteiger partial charge on any atom is -0.467 e. The Morgan fingerprint density at radius 3 is 2.78 bits per heavy atom. The summed E-state index contributed by atoms with van der Waals surface area (Å²) in [5, 5.41) is 8.54. The highest BCUT2D eigenvalue weighted by Gasteiger charge is 2.45. The third-order valence-electron chi connectivity index (χ3n) is 7.02. The zero-order chi connectivity index (χ0) is 24.6. The molecule has 2 atom stereocenters. The van der Waals surface area contributed by atoms with Crippen molar-refractivity contribution >= 4 is 40.4 Å². The lowest BCUT2D eigenvalue weighted by molar-refractivity contribution is -0.131. The zero-order valence-electron chi connectivity index (χ0n) is 20.3. The molecule has 2 unspecified atom stereocenters. The second-order valence-corrected chi connectivity index (χ2v) is 10.4. The highest BCUT2D eigenvalue weighted by molar-refractivity contribution is 7.99. The number of carbonyl (C=O) groups excluding carboxylic acids is 1. The molecule has 0 saturated heterocycles. The van der Waals surface area contributed by atoms with E-state index in [4.69, 9.17) is 18.9 Å². The van der Waals surface area contributed by atoms with Crippen LogP contribution in [0.4, 0.5) is 0 Å². The molecular formula is C29H27N3O3S. The monoisotopic (exact) mass is 497 g/mol. The summed E-state index contributed by atoms with van der Waals surface area (Å²) in [5.41, 5.74) is 5.37. The topological polar surface area (TPSA) is 71.8 Å². The number of amides is 1. The molecule has 182 valence electrons. The highest BCUT2D eigenvalue weighted by Crippen LogP contribution is 2.44. The number of hydrogen-bond acceptors (Lipinski definition) is 6. The van der Waals surface area contributed by atoms with Crippen LogP contribution in [0, 0.1) is 19.8 Å². The Bertz CT molecular complexity index is 1470. The van der Waals surface area contributed by atoms with Crippen molar-refractivity contribution in [2.75, 3.05) is 5.75 Å². The Balaban J connectivity index is 1.29. The van der Waals surface area contributed by atoms with Gasteiger partial charge in [-0.15, -0.1) is 0 Å². The number of aromatic nitrogens is 1. The van der Waals surface area contributed by atoms with Gasteiger partial charge in [-0.1, -0.05) is 30.0 Å². The molecule has 6 rings (SSSR count). The SMILES string of the molecule is Cc1cc(SCC(=O)N2N=C3/C(=C/c4ccco4)CCCC3C2c2ccco2)nc2c(C)cccc12. The van der Waals surface area contributed by atoms with Gasteiger partial charge in [0.2, 0.25) is 0 Å². The second-order valence-electron chi connectivity index (χ2n) is 9.40. The highest BCUT2D eigenvalue weighted by atomic mass is 32.2. The first-order valence-corrected chi connectivity index (χ1v) is 13.3. The maximum Gasteiger partial charge on any atom is 0.253 e. The van der Waals surface area contributed by atoms with Gasteiger partial charge < -0.3 is 8.83 Å². The predicted octanol–water partition coefficient (Wildman–Crippen LogP) is 6.95. The van der Waals surface area contributed by atoms with Crippen molar-refractivity contribution in [2.45, 2.75) is 44.2 Å². The normalized spacial score (nSPS) is 20.7. The van der Waals surface area contributed by atoms with Crippen LogP contribution in [0.2, 0.25) is 0 Å². The number of allylic oxidation sites excluding steroid dienone is 1. The molecule has 0 radical (unpaired) electrons. The molecule has 0 bridgehead atoms. The first-order valence-electron chi connectivity index (χ1n) is 12.3. The quantitative estimate of drug-likeness (QED) is 0.279. The molecule has 1 fully saturated rings. The number of pyridine rings is 1. The lowest BCUT2D eigenvalue weighted by atomic mass is 9.79.